The number of nitrogens with zero attached hydrogens (tertiary/aromatic N) is 2. The fraction of sp³-hybridized carbons (Fsp3) is 0.643. The van der Waals surface area contributed by atoms with Gasteiger partial charge in [-0.1, -0.05) is 96.1 Å². The largest absolute Gasteiger partial charge is 0.275 e. The molecule has 5 heteroatoms. The number of carbonyl (C=O) groups is 2. The zero-order valence-electron chi connectivity index (χ0n) is 20.6. The minimum absolute atomic E-state index is 0.173. The molecule has 0 fully saturated rings. The lowest BCUT2D eigenvalue weighted by molar-refractivity contribution is -0.136. The first kappa shape index (κ1) is 26.9. The van der Waals surface area contributed by atoms with E-state index >= 15 is 0 Å². The van der Waals surface area contributed by atoms with E-state index in [1.807, 2.05) is 12.1 Å². The van der Waals surface area contributed by atoms with Crippen LogP contribution in [0.15, 0.2) is 41.5 Å². The summed E-state index contributed by atoms with van der Waals surface area (Å²) in [5.74, 6) is 0.233. The first-order valence-electron chi connectivity index (χ1n) is 13.2. The molecule has 1 aliphatic rings. The highest BCUT2D eigenvalue weighted by Gasteiger charge is 2.22. The van der Waals surface area contributed by atoms with Crippen molar-refractivity contribution in [2.24, 2.45) is 5.11 Å². The van der Waals surface area contributed by atoms with Crippen LogP contribution in [0.1, 0.15) is 115 Å². The van der Waals surface area contributed by atoms with Crippen LogP contribution in [0, 0.1) is 5.53 Å². The number of imide groups is 1. The quantitative estimate of drug-likeness (QED) is 0.130. The monoisotopic (exact) mass is 453 g/mol. The first-order valence-corrected chi connectivity index (χ1v) is 13.2. The number of amides is 2. The van der Waals surface area contributed by atoms with Gasteiger partial charge in [-0.2, -0.15) is 5.11 Å². The minimum Gasteiger partial charge on any atom is -0.275 e. The Bertz CT molecular complexity index is 724. The normalized spacial score (nSPS) is 14.3. The summed E-state index contributed by atoms with van der Waals surface area (Å²) in [6.45, 7) is 2.81. The third-order valence-corrected chi connectivity index (χ3v) is 6.73. The Morgan fingerprint density at radius 3 is 1.73 bits per heavy atom. The van der Waals surface area contributed by atoms with Gasteiger partial charge < -0.3 is 0 Å². The molecule has 0 spiro atoms. The van der Waals surface area contributed by atoms with Crippen LogP contribution in [0.25, 0.3) is 0 Å². The molecule has 0 aliphatic carbocycles. The van der Waals surface area contributed by atoms with E-state index in [-0.39, 0.29) is 11.8 Å². The van der Waals surface area contributed by atoms with Crippen LogP contribution in [0.4, 0.5) is 5.69 Å². The minimum atomic E-state index is -0.173. The van der Waals surface area contributed by atoms with Crippen molar-refractivity contribution in [1.29, 1.82) is 5.53 Å². The Morgan fingerprint density at radius 2 is 1.21 bits per heavy atom. The Kier molecular flexibility index (Phi) is 13.3. The molecule has 0 saturated carbocycles. The van der Waals surface area contributed by atoms with Crippen molar-refractivity contribution in [3.8, 4) is 0 Å². The zero-order chi connectivity index (χ0) is 23.7. The summed E-state index contributed by atoms with van der Waals surface area (Å²) >= 11 is 0. The summed E-state index contributed by atoms with van der Waals surface area (Å²) < 4.78 is 0. The van der Waals surface area contributed by atoms with Gasteiger partial charge in [-0.05, 0) is 42.9 Å². The van der Waals surface area contributed by atoms with Crippen LogP contribution in [0.3, 0.4) is 0 Å². The maximum Gasteiger partial charge on any atom is 0.253 e. The van der Waals surface area contributed by atoms with E-state index in [0.717, 1.165) is 24.9 Å². The molecule has 0 aromatic heterocycles. The van der Waals surface area contributed by atoms with Crippen molar-refractivity contribution in [2.75, 3.05) is 6.54 Å². The molecule has 1 unspecified atom stereocenters. The molecule has 33 heavy (non-hydrogen) atoms. The van der Waals surface area contributed by atoms with Gasteiger partial charge in [-0.3, -0.25) is 14.5 Å². The van der Waals surface area contributed by atoms with Gasteiger partial charge in [0.1, 0.15) is 0 Å². The molecule has 5 nitrogen and oxygen atoms in total. The van der Waals surface area contributed by atoms with Crippen molar-refractivity contribution in [3.05, 3.63) is 42.0 Å². The van der Waals surface area contributed by atoms with Gasteiger partial charge in [0.15, 0.2) is 0 Å². The van der Waals surface area contributed by atoms with E-state index in [4.69, 9.17) is 5.53 Å². The molecule has 1 aromatic rings. The zero-order valence-corrected chi connectivity index (χ0v) is 20.6. The summed E-state index contributed by atoms with van der Waals surface area (Å²) in [5.41, 5.74) is 9.28. The highest BCUT2D eigenvalue weighted by atomic mass is 16.2. The number of unbranched alkanes of at least 4 members (excludes halogenated alkanes) is 11. The summed E-state index contributed by atoms with van der Waals surface area (Å²) in [6.07, 6.45) is 21.4. The number of hydrogen-bond acceptors (Lipinski definition) is 4. The molecule has 2 rings (SSSR count). The standard InChI is InChI=1S/C28H43N3O2/c1-2-3-4-5-6-7-9-12-15-24(25-17-19-26(30-29)20-18-25)16-13-10-8-11-14-23-31-27(32)21-22-28(31)33/h17-22,24,29H,2-16,23H2,1H3. The van der Waals surface area contributed by atoms with Gasteiger partial charge in [0.25, 0.3) is 11.8 Å². The van der Waals surface area contributed by atoms with E-state index in [0.29, 0.717) is 12.5 Å². The molecule has 1 atom stereocenters. The van der Waals surface area contributed by atoms with E-state index < -0.39 is 0 Å². The predicted molar refractivity (Wildman–Crippen MR) is 135 cm³/mol. The number of nitrogens with one attached hydrogen (secondary N) is 1. The van der Waals surface area contributed by atoms with Crippen LogP contribution in [0.5, 0.6) is 0 Å². The van der Waals surface area contributed by atoms with Crippen molar-refractivity contribution in [2.45, 2.75) is 109 Å². The molecule has 182 valence electrons. The van der Waals surface area contributed by atoms with Gasteiger partial charge in [-0.15, -0.1) is 0 Å². The Labute approximate surface area is 200 Å². The van der Waals surface area contributed by atoms with Crippen LogP contribution in [-0.4, -0.2) is 23.3 Å². The predicted octanol–water partition coefficient (Wildman–Crippen LogP) is 8.23. The number of carbonyl (C=O) groups excluding carboxylic acids is 2. The van der Waals surface area contributed by atoms with Crippen LogP contribution in [0.2, 0.25) is 0 Å². The van der Waals surface area contributed by atoms with Crippen LogP contribution < -0.4 is 0 Å². The second-order valence-corrected chi connectivity index (χ2v) is 9.38. The summed E-state index contributed by atoms with van der Waals surface area (Å²) in [5, 5.41) is 3.53. The molecule has 1 aromatic carbocycles. The number of hydrogen-bond donors (Lipinski definition) is 1. The van der Waals surface area contributed by atoms with Gasteiger partial charge in [-0.25, -0.2) is 5.53 Å². The topological polar surface area (TPSA) is 73.6 Å². The Morgan fingerprint density at radius 1 is 0.727 bits per heavy atom. The maximum absolute atomic E-state index is 11.6. The lowest BCUT2D eigenvalue weighted by Crippen LogP contribution is -2.30. The highest BCUT2D eigenvalue weighted by Crippen LogP contribution is 2.30. The van der Waals surface area contributed by atoms with E-state index in [1.165, 1.54) is 99.7 Å². The summed E-state index contributed by atoms with van der Waals surface area (Å²) in [4.78, 5) is 24.5. The number of benzene rings is 1. The lowest BCUT2D eigenvalue weighted by atomic mass is 9.88. The molecule has 0 radical (unpaired) electrons. The van der Waals surface area contributed by atoms with Gasteiger partial charge in [0, 0.05) is 18.7 Å². The molecule has 0 bridgehead atoms. The maximum atomic E-state index is 11.6. The average molecular weight is 454 g/mol. The lowest BCUT2D eigenvalue weighted by Gasteiger charge is -2.18. The van der Waals surface area contributed by atoms with Gasteiger partial charge in [0.05, 0.1) is 5.69 Å². The average Bonchev–Trinajstić information content (AvgIpc) is 3.16. The molecule has 2 amide bonds. The molecule has 1 heterocycles. The second-order valence-electron chi connectivity index (χ2n) is 9.38. The molecule has 0 saturated heterocycles. The third-order valence-electron chi connectivity index (χ3n) is 6.73. The fourth-order valence-electron chi connectivity index (χ4n) is 4.67. The fourth-order valence-corrected chi connectivity index (χ4v) is 4.67. The van der Waals surface area contributed by atoms with Crippen LogP contribution in [-0.2, 0) is 9.59 Å². The third kappa shape index (κ3) is 10.4. The van der Waals surface area contributed by atoms with Gasteiger partial charge >= 0.3 is 0 Å². The van der Waals surface area contributed by atoms with E-state index in [2.05, 4.69) is 24.2 Å². The van der Waals surface area contributed by atoms with Crippen molar-refractivity contribution < 1.29 is 9.59 Å². The van der Waals surface area contributed by atoms with Crippen LogP contribution >= 0.6 is 0 Å². The van der Waals surface area contributed by atoms with Crippen molar-refractivity contribution in [1.82, 2.24) is 4.90 Å². The molecular weight excluding hydrogens is 410 g/mol. The first-order chi connectivity index (χ1) is 16.2. The molecule has 1 aliphatic heterocycles. The molecule has 1 N–H and O–H groups in total. The van der Waals surface area contributed by atoms with E-state index in [1.54, 1.807) is 0 Å². The Balaban J connectivity index is 1.66. The van der Waals surface area contributed by atoms with Crippen molar-refractivity contribution >= 4 is 17.5 Å². The Hall–Kier alpha value is -2.30. The molecular formula is C28H43N3O2. The SMILES string of the molecule is CCCCCCCCCCC(CCCCCCCN1C(=O)C=CC1=O)c1ccc(N=N)cc1. The van der Waals surface area contributed by atoms with Gasteiger partial charge in [0.2, 0.25) is 0 Å². The summed E-state index contributed by atoms with van der Waals surface area (Å²) in [7, 11) is 0. The number of rotatable bonds is 19. The smallest absolute Gasteiger partial charge is 0.253 e. The summed E-state index contributed by atoms with van der Waals surface area (Å²) in [6, 6.07) is 8.22. The van der Waals surface area contributed by atoms with Crippen molar-refractivity contribution in [3.63, 3.8) is 0 Å². The second kappa shape index (κ2) is 16.3. The van der Waals surface area contributed by atoms with E-state index in [9.17, 15) is 9.59 Å². The highest BCUT2D eigenvalue weighted by molar-refractivity contribution is 6.12.